The molecule has 0 aliphatic heterocycles. The maximum atomic E-state index is 13.0. The number of carbonyl (C=O) groups is 1. The first-order valence-electron chi connectivity index (χ1n) is 5.89. The van der Waals surface area contributed by atoms with Crippen molar-refractivity contribution in [3.05, 3.63) is 59.7 Å². The van der Waals surface area contributed by atoms with Crippen molar-refractivity contribution in [2.24, 2.45) is 0 Å². The Morgan fingerprint density at radius 2 is 1.89 bits per heavy atom. The molecule has 4 heteroatoms. The number of nitrogens with zero attached hydrogens (tertiary/aromatic N) is 2. The third-order valence-electron chi connectivity index (χ3n) is 3.07. The third-order valence-corrected chi connectivity index (χ3v) is 3.07. The summed E-state index contributed by atoms with van der Waals surface area (Å²) >= 11 is 0. The maximum absolute atomic E-state index is 13.0. The van der Waals surface area contributed by atoms with Crippen molar-refractivity contribution in [1.29, 1.82) is 0 Å². The van der Waals surface area contributed by atoms with Crippen LogP contribution in [-0.4, -0.2) is 15.8 Å². The highest BCUT2D eigenvalue weighted by atomic mass is 19.1. The Bertz CT molecular complexity index is 760. The lowest BCUT2D eigenvalue weighted by Crippen LogP contribution is -1.96. The topological polar surface area (TPSA) is 34.9 Å². The van der Waals surface area contributed by atoms with Gasteiger partial charge in [0.2, 0.25) is 0 Å². The molecule has 0 aliphatic rings. The molecule has 0 bridgehead atoms. The van der Waals surface area contributed by atoms with E-state index in [9.17, 15) is 9.18 Å². The van der Waals surface area contributed by atoms with E-state index in [-0.39, 0.29) is 5.82 Å². The van der Waals surface area contributed by atoms with Crippen LogP contribution in [0.15, 0.2) is 42.5 Å². The van der Waals surface area contributed by atoms with Gasteiger partial charge in [0.25, 0.3) is 0 Å². The molecule has 94 valence electrons. The molecule has 3 nitrogen and oxygen atoms in total. The van der Waals surface area contributed by atoms with E-state index in [0.29, 0.717) is 5.56 Å². The van der Waals surface area contributed by atoms with E-state index in [1.54, 1.807) is 24.3 Å². The molecule has 19 heavy (non-hydrogen) atoms. The van der Waals surface area contributed by atoms with E-state index >= 15 is 0 Å². The smallest absolute Gasteiger partial charge is 0.150 e. The number of aldehydes is 1. The van der Waals surface area contributed by atoms with Crippen LogP contribution >= 0.6 is 0 Å². The molecule has 1 aromatic heterocycles. The Morgan fingerprint density at radius 1 is 1.16 bits per heavy atom. The maximum Gasteiger partial charge on any atom is 0.150 e. The number of hydrogen-bond donors (Lipinski definition) is 0. The zero-order valence-corrected chi connectivity index (χ0v) is 10.3. The van der Waals surface area contributed by atoms with Crippen LogP contribution in [0.1, 0.15) is 16.2 Å². The van der Waals surface area contributed by atoms with Crippen molar-refractivity contribution in [3.8, 4) is 5.69 Å². The van der Waals surface area contributed by atoms with E-state index in [2.05, 4.69) is 4.98 Å². The second kappa shape index (κ2) is 4.31. The molecule has 0 amide bonds. The summed E-state index contributed by atoms with van der Waals surface area (Å²) in [5, 5.41) is 0. The number of hydrogen-bond acceptors (Lipinski definition) is 2. The first-order chi connectivity index (χ1) is 9.19. The fraction of sp³-hybridized carbons (Fsp3) is 0.0667. The quantitative estimate of drug-likeness (QED) is 0.658. The molecule has 1 heterocycles. The summed E-state index contributed by atoms with van der Waals surface area (Å²) in [4.78, 5) is 15.2. The van der Waals surface area contributed by atoms with Gasteiger partial charge in [-0.15, -0.1) is 0 Å². The van der Waals surface area contributed by atoms with Crippen molar-refractivity contribution in [3.63, 3.8) is 0 Å². The average Bonchev–Trinajstić information content (AvgIpc) is 2.74. The normalized spacial score (nSPS) is 10.8. The largest absolute Gasteiger partial charge is 0.298 e. The highest BCUT2D eigenvalue weighted by Gasteiger charge is 2.09. The standard InChI is InChI=1S/C15H11FN2O/c1-10-17-14-8-11(9-19)2-7-15(14)18(10)13-5-3-12(16)4-6-13/h2-9H,1H3. The summed E-state index contributed by atoms with van der Waals surface area (Å²) < 4.78 is 14.9. The zero-order valence-electron chi connectivity index (χ0n) is 10.3. The Balaban J connectivity index is 2.26. The minimum absolute atomic E-state index is 0.269. The van der Waals surface area contributed by atoms with Gasteiger partial charge in [-0.3, -0.25) is 9.36 Å². The number of fused-ring (bicyclic) bond motifs is 1. The highest BCUT2D eigenvalue weighted by molar-refractivity contribution is 5.86. The molecule has 0 aliphatic carbocycles. The molecule has 2 aromatic carbocycles. The van der Waals surface area contributed by atoms with Gasteiger partial charge in [0.15, 0.2) is 0 Å². The van der Waals surface area contributed by atoms with Crippen LogP contribution in [0.4, 0.5) is 4.39 Å². The number of benzene rings is 2. The average molecular weight is 254 g/mol. The molecule has 3 aromatic rings. The van der Waals surface area contributed by atoms with Gasteiger partial charge in [-0.1, -0.05) is 0 Å². The van der Waals surface area contributed by atoms with Gasteiger partial charge in [-0.25, -0.2) is 9.37 Å². The molecule has 0 saturated heterocycles. The van der Waals surface area contributed by atoms with E-state index in [1.165, 1.54) is 12.1 Å². The zero-order chi connectivity index (χ0) is 13.4. The molecule has 0 saturated carbocycles. The summed E-state index contributed by atoms with van der Waals surface area (Å²) in [6.45, 7) is 1.88. The summed E-state index contributed by atoms with van der Waals surface area (Å²) in [5.74, 6) is 0.527. The molecule has 0 N–H and O–H groups in total. The first kappa shape index (κ1) is 11.6. The van der Waals surface area contributed by atoms with Gasteiger partial charge in [0.1, 0.15) is 17.9 Å². The number of carbonyl (C=O) groups excluding carboxylic acids is 1. The lowest BCUT2D eigenvalue weighted by Gasteiger charge is -2.06. The number of rotatable bonds is 2. The van der Waals surface area contributed by atoms with E-state index in [0.717, 1.165) is 28.8 Å². The van der Waals surface area contributed by atoms with Gasteiger partial charge in [0, 0.05) is 11.3 Å². The van der Waals surface area contributed by atoms with Crippen LogP contribution in [0, 0.1) is 12.7 Å². The van der Waals surface area contributed by atoms with Crippen LogP contribution in [0.25, 0.3) is 16.7 Å². The summed E-state index contributed by atoms with van der Waals surface area (Å²) in [6, 6.07) is 11.6. The van der Waals surface area contributed by atoms with Gasteiger partial charge in [-0.2, -0.15) is 0 Å². The SMILES string of the molecule is Cc1nc2cc(C=O)ccc2n1-c1ccc(F)cc1. The minimum atomic E-state index is -0.269. The third kappa shape index (κ3) is 1.91. The lowest BCUT2D eigenvalue weighted by atomic mass is 10.2. The van der Waals surface area contributed by atoms with Crippen LogP contribution in [0.5, 0.6) is 0 Å². The van der Waals surface area contributed by atoms with Crippen molar-refractivity contribution in [2.45, 2.75) is 6.92 Å². The molecule has 0 atom stereocenters. The predicted molar refractivity (Wildman–Crippen MR) is 71.2 cm³/mol. The Kier molecular flexibility index (Phi) is 2.63. The Morgan fingerprint density at radius 3 is 2.58 bits per heavy atom. The van der Waals surface area contributed by atoms with Crippen LogP contribution in [0.3, 0.4) is 0 Å². The lowest BCUT2D eigenvalue weighted by molar-refractivity contribution is 0.112. The van der Waals surface area contributed by atoms with Gasteiger partial charge in [0.05, 0.1) is 11.0 Å². The second-order valence-corrected chi connectivity index (χ2v) is 4.34. The van der Waals surface area contributed by atoms with Crippen LogP contribution in [-0.2, 0) is 0 Å². The van der Waals surface area contributed by atoms with Crippen molar-refractivity contribution < 1.29 is 9.18 Å². The van der Waals surface area contributed by atoms with Crippen LogP contribution < -0.4 is 0 Å². The van der Waals surface area contributed by atoms with E-state index < -0.39 is 0 Å². The van der Waals surface area contributed by atoms with Gasteiger partial charge >= 0.3 is 0 Å². The van der Waals surface area contributed by atoms with Crippen molar-refractivity contribution in [2.75, 3.05) is 0 Å². The molecular formula is C15H11FN2O. The number of imidazole rings is 1. The summed E-state index contributed by atoms with van der Waals surface area (Å²) in [6.07, 6.45) is 0.797. The van der Waals surface area contributed by atoms with E-state index in [1.807, 2.05) is 17.6 Å². The Hall–Kier alpha value is -2.49. The predicted octanol–water partition coefficient (Wildman–Crippen LogP) is 3.29. The molecule has 0 spiro atoms. The number of aryl methyl sites for hydroxylation is 1. The van der Waals surface area contributed by atoms with Crippen molar-refractivity contribution in [1.82, 2.24) is 9.55 Å². The van der Waals surface area contributed by atoms with Gasteiger partial charge < -0.3 is 0 Å². The van der Waals surface area contributed by atoms with E-state index in [4.69, 9.17) is 0 Å². The monoisotopic (exact) mass is 254 g/mol. The number of aromatic nitrogens is 2. The molecule has 3 rings (SSSR count). The van der Waals surface area contributed by atoms with Crippen molar-refractivity contribution >= 4 is 17.3 Å². The molecule has 0 fully saturated rings. The molecular weight excluding hydrogens is 243 g/mol. The molecule has 0 radical (unpaired) electrons. The van der Waals surface area contributed by atoms with Gasteiger partial charge in [-0.05, 0) is 49.4 Å². The summed E-state index contributed by atoms with van der Waals surface area (Å²) in [7, 11) is 0. The molecule has 0 unspecified atom stereocenters. The van der Waals surface area contributed by atoms with Crippen LogP contribution in [0.2, 0.25) is 0 Å². The summed E-state index contributed by atoms with van der Waals surface area (Å²) in [5.41, 5.74) is 3.10. The number of halogens is 1. The fourth-order valence-electron chi connectivity index (χ4n) is 2.21. The highest BCUT2D eigenvalue weighted by Crippen LogP contribution is 2.22. The second-order valence-electron chi connectivity index (χ2n) is 4.34. The Labute approximate surface area is 109 Å². The fourth-order valence-corrected chi connectivity index (χ4v) is 2.21. The minimum Gasteiger partial charge on any atom is -0.298 e. The first-order valence-corrected chi connectivity index (χ1v) is 5.89.